The summed E-state index contributed by atoms with van der Waals surface area (Å²) in [4.78, 5) is 21.1. The molecule has 3 aliphatic heterocycles. The molecule has 2 bridgehead atoms. The molecule has 3 unspecified atom stereocenters. The van der Waals surface area contributed by atoms with Crippen molar-refractivity contribution in [2.75, 3.05) is 20.2 Å². The zero-order valence-electron chi connectivity index (χ0n) is 22.5. The highest BCUT2D eigenvalue weighted by atomic mass is 19.4. The molecule has 2 fully saturated rings. The first-order chi connectivity index (χ1) is 18.6. The molecule has 4 heterocycles. The average molecular weight is 550 g/mol. The van der Waals surface area contributed by atoms with Gasteiger partial charge in [0.25, 0.3) is 0 Å². The van der Waals surface area contributed by atoms with Crippen LogP contribution in [0.25, 0.3) is 0 Å². The van der Waals surface area contributed by atoms with E-state index in [1.165, 1.54) is 12.8 Å². The molecular formula is C28H38F3N5O3. The highest BCUT2D eigenvalue weighted by Crippen LogP contribution is 2.43. The van der Waals surface area contributed by atoms with Gasteiger partial charge in [0.05, 0.1) is 25.8 Å². The molecular weight excluding hydrogens is 511 g/mol. The fourth-order valence-corrected chi connectivity index (χ4v) is 6.95. The first kappa shape index (κ1) is 27.9. The molecule has 39 heavy (non-hydrogen) atoms. The largest absolute Gasteiger partial charge is 0.453 e. The van der Waals surface area contributed by atoms with Gasteiger partial charge in [0.1, 0.15) is 12.1 Å². The van der Waals surface area contributed by atoms with Gasteiger partial charge in [-0.2, -0.15) is 13.2 Å². The van der Waals surface area contributed by atoms with Gasteiger partial charge in [-0.15, -0.1) is 0 Å². The molecule has 0 saturated carbocycles. The number of amides is 1. The van der Waals surface area contributed by atoms with Crippen LogP contribution in [-0.4, -0.2) is 75.2 Å². The minimum atomic E-state index is -4.43. The van der Waals surface area contributed by atoms with Gasteiger partial charge in [0.2, 0.25) is 0 Å². The van der Waals surface area contributed by atoms with Crippen molar-refractivity contribution < 1.29 is 27.8 Å². The van der Waals surface area contributed by atoms with Crippen LogP contribution in [0.1, 0.15) is 73.4 Å². The topological polar surface area (TPSA) is 82.9 Å². The fourth-order valence-electron chi connectivity index (χ4n) is 6.95. The number of imidazole rings is 1. The van der Waals surface area contributed by atoms with Gasteiger partial charge in [-0.25, -0.2) is 9.78 Å². The predicted octanol–water partition coefficient (Wildman–Crippen LogP) is 4.48. The van der Waals surface area contributed by atoms with E-state index in [9.17, 15) is 23.1 Å². The lowest BCUT2D eigenvalue weighted by molar-refractivity contribution is -0.158. The molecule has 1 aromatic heterocycles. The van der Waals surface area contributed by atoms with Crippen molar-refractivity contribution in [1.82, 2.24) is 24.7 Å². The molecule has 0 radical (unpaired) electrons. The zero-order chi connectivity index (χ0) is 27.7. The molecule has 214 valence electrons. The van der Waals surface area contributed by atoms with Crippen LogP contribution < -0.4 is 5.32 Å². The van der Waals surface area contributed by atoms with Gasteiger partial charge in [0.15, 0.2) is 0 Å². The number of rotatable bonds is 8. The highest BCUT2D eigenvalue weighted by molar-refractivity contribution is 5.67. The summed E-state index contributed by atoms with van der Waals surface area (Å²) < 4.78 is 45.9. The first-order valence-corrected chi connectivity index (χ1v) is 13.8. The molecule has 2 aromatic rings. The molecule has 5 rings (SSSR count). The lowest BCUT2D eigenvalue weighted by Crippen LogP contribution is -2.45. The predicted molar refractivity (Wildman–Crippen MR) is 139 cm³/mol. The number of hydrogen-bond donors (Lipinski definition) is 2. The summed E-state index contributed by atoms with van der Waals surface area (Å²) in [6, 6.07) is 10.2. The molecule has 3 aliphatic rings. The van der Waals surface area contributed by atoms with Crippen molar-refractivity contribution in [1.29, 1.82) is 0 Å². The molecule has 2 N–H and O–H groups in total. The van der Waals surface area contributed by atoms with Crippen LogP contribution in [0.4, 0.5) is 18.0 Å². The summed E-state index contributed by atoms with van der Waals surface area (Å²) in [5.74, 6) is 0.983. The van der Waals surface area contributed by atoms with E-state index in [0.29, 0.717) is 37.6 Å². The van der Waals surface area contributed by atoms with Crippen molar-refractivity contribution in [2.45, 2.75) is 95.0 Å². The average Bonchev–Trinajstić information content (AvgIpc) is 3.35. The number of fused-ring (bicyclic) bond motifs is 3. The van der Waals surface area contributed by atoms with Crippen LogP contribution in [0.15, 0.2) is 30.3 Å². The van der Waals surface area contributed by atoms with Gasteiger partial charge in [0, 0.05) is 49.4 Å². The monoisotopic (exact) mass is 549 g/mol. The Morgan fingerprint density at radius 3 is 2.51 bits per heavy atom. The maximum absolute atomic E-state index is 12.9. The number of carbonyl (C=O) groups is 1. The second-order valence-electron chi connectivity index (χ2n) is 11.1. The molecule has 1 aromatic carbocycles. The van der Waals surface area contributed by atoms with Gasteiger partial charge in [-0.05, 0) is 44.6 Å². The number of piperidine rings is 1. The zero-order valence-corrected chi connectivity index (χ0v) is 22.5. The van der Waals surface area contributed by atoms with E-state index in [4.69, 9.17) is 9.72 Å². The first-order valence-electron chi connectivity index (χ1n) is 13.8. The van der Waals surface area contributed by atoms with Gasteiger partial charge in [-0.1, -0.05) is 30.3 Å². The highest BCUT2D eigenvalue weighted by Gasteiger charge is 2.43. The van der Waals surface area contributed by atoms with Gasteiger partial charge in [-0.3, -0.25) is 10.2 Å². The number of methoxy groups -OCH3 is 1. The number of alkyl halides is 3. The number of nitrogens with zero attached hydrogens (tertiary/aromatic N) is 4. The molecule has 4 atom stereocenters. The lowest BCUT2D eigenvalue weighted by atomic mass is 9.94. The van der Waals surface area contributed by atoms with Crippen molar-refractivity contribution in [3.8, 4) is 0 Å². The summed E-state index contributed by atoms with van der Waals surface area (Å²) in [6.45, 7) is 3.88. The molecule has 11 heteroatoms. The molecule has 2 saturated heterocycles. The number of benzene rings is 1. The minimum absolute atomic E-state index is 0.326. The third-order valence-electron chi connectivity index (χ3n) is 8.58. The second-order valence-corrected chi connectivity index (χ2v) is 11.1. The smallest absolute Gasteiger partial charge is 0.409 e. The number of aryl methyl sites for hydroxylation is 1. The van der Waals surface area contributed by atoms with Crippen LogP contribution in [-0.2, 0) is 17.7 Å². The standard InChI is InChI=1S/C28H38F3N5O3/c1-18-32-24-17-34(27(38)39-2)12-11-25(24)36(18)22-14-20-8-9-21(15-22)35(20)13-10-23(19-6-4-3-5-7-19)33-26(37)16-28(29,30)31/h3-7,20-23,26,33,37H,8-17H2,1-2H3/t20?,21?,22?,23-,26?/m0/s1. The van der Waals surface area contributed by atoms with Crippen molar-refractivity contribution in [3.05, 3.63) is 53.1 Å². The summed E-state index contributed by atoms with van der Waals surface area (Å²) in [5.41, 5.74) is 3.05. The van der Waals surface area contributed by atoms with Crippen LogP contribution in [0.3, 0.4) is 0 Å². The van der Waals surface area contributed by atoms with Gasteiger partial charge >= 0.3 is 12.3 Å². The second kappa shape index (κ2) is 11.5. The number of nitrogens with one attached hydrogen (secondary N) is 1. The number of aliphatic hydroxyl groups is 1. The Morgan fingerprint density at radius 1 is 1.18 bits per heavy atom. The quantitative estimate of drug-likeness (QED) is 0.473. The van der Waals surface area contributed by atoms with E-state index in [-0.39, 0.29) is 12.1 Å². The molecule has 0 spiro atoms. The van der Waals surface area contributed by atoms with Crippen LogP contribution in [0, 0.1) is 6.92 Å². The Morgan fingerprint density at radius 2 is 1.87 bits per heavy atom. The number of ether oxygens (including phenoxy) is 1. The van der Waals surface area contributed by atoms with Crippen molar-refractivity contribution in [2.24, 2.45) is 0 Å². The third kappa shape index (κ3) is 6.25. The van der Waals surface area contributed by atoms with Crippen molar-refractivity contribution in [3.63, 3.8) is 0 Å². The Bertz CT molecular complexity index is 1130. The van der Waals surface area contributed by atoms with E-state index < -0.39 is 18.8 Å². The lowest BCUT2D eigenvalue weighted by Gasteiger charge is -2.41. The molecule has 0 aliphatic carbocycles. The van der Waals surface area contributed by atoms with Crippen molar-refractivity contribution >= 4 is 6.09 Å². The fraction of sp³-hybridized carbons (Fsp3) is 0.643. The third-order valence-corrected chi connectivity index (χ3v) is 8.58. The molecule has 1 amide bonds. The van der Waals surface area contributed by atoms with E-state index in [1.54, 1.807) is 4.90 Å². The van der Waals surface area contributed by atoms with E-state index >= 15 is 0 Å². The summed E-state index contributed by atoms with van der Waals surface area (Å²) in [5, 5.41) is 12.9. The number of aliphatic hydroxyl groups excluding tert-OH is 1. The van der Waals surface area contributed by atoms with Crippen LogP contribution >= 0.6 is 0 Å². The normalized spacial score (nSPS) is 24.9. The number of hydrogen-bond acceptors (Lipinski definition) is 6. The Kier molecular flexibility index (Phi) is 8.21. The van der Waals surface area contributed by atoms with E-state index in [1.807, 2.05) is 37.3 Å². The summed E-state index contributed by atoms with van der Waals surface area (Å²) in [7, 11) is 1.40. The Balaban J connectivity index is 1.25. The van der Waals surface area contributed by atoms with Crippen LogP contribution in [0.5, 0.6) is 0 Å². The van der Waals surface area contributed by atoms with E-state index in [2.05, 4.69) is 14.8 Å². The number of halogens is 3. The SMILES string of the molecule is COC(=O)N1CCc2c(nc(C)n2C2CC3CCC(C2)N3CC[C@H](NC(O)CC(F)(F)F)c2ccccc2)C1. The minimum Gasteiger partial charge on any atom is -0.453 e. The Labute approximate surface area is 227 Å². The van der Waals surface area contributed by atoms with Gasteiger partial charge < -0.3 is 19.3 Å². The molecule has 8 nitrogen and oxygen atoms in total. The summed E-state index contributed by atoms with van der Waals surface area (Å²) in [6.07, 6.45) is -2.11. The number of aromatic nitrogens is 2. The van der Waals surface area contributed by atoms with Crippen LogP contribution in [0.2, 0.25) is 0 Å². The maximum Gasteiger partial charge on any atom is 0.409 e. The van der Waals surface area contributed by atoms with E-state index in [0.717, 1.165) is 55.7 Å². The maximum atomic E-state index is 12.9. The Hall–Kier alpha value is -2.63. The summed E-state index contributed by atoms with van der Waals surface area (Å²) >= 11 is 0. The number of carbonyl (C=O) groups excluding carboxylic acids is 1.